The molecule has 2 aromatic rings. The Kier molecular flexibility index (Phi) is 2.31. The monoisotopic (exact) mass is 215 g/mol. The molecule has 0 aliphatic carbocycles. The van der Waals surface area contributed by atoms with Crippen molar-refractivity contribution < 1.29 is 9.59 Å². The van der Waals surface area contributed by atoms with Crippen molar-refractivity contribution in [2.45, 2.75) is 6.92 Å². The van der Waals surface area contributed by atoms with Gasteiger partial charge in [0.15, 0.2) is 0 Å². The van der Waals surface area contributed by atoms with Gasteiger partial charge in [-0.05, 0) is 18.6 Å². The number of rotatable bonds is 1. The molecule has 0 aliphatic heterocycles. The second kappa shape index (κ2) is 3.64. The van der Waals surface area contributed by atoms with E-state index in [1.54, 1.807) is 6.07 Å². The first-order valence-electron chi connectivity index (χ1n) is 4.63. The summed E-state index contributed by atoms with van der Waals surface area (Å²) in [4.78, 5) is 25.0. The van der Waals surface area contributed by atoms with Crippen LogP contribution < -0.4 is 5.73 Å². The number of isocyanates is 1. The lowest BCUT2D eigenvalue weighted by atomic mass is 10.2. The van der Waals surface area contributed by atoms with Crippen LogP contribution in [0.5, 0.6) is 0 Å². The third-order valence-electron chi connectivity index (χ3n) is 2.34. The smallest absolute Gasteiger partial charge is 0.323 e. The lowest BCUT2D eigenvalue weighted by Gasteiger charge is -1.98. The van der Waals surface area contributed by atoms with Crippen molar-refractivity contribution in [1.82, 2.24) is 4.57 Å². The van der Waals surface area contributed by atoms with Gasteiger partial charge in [0.25, 0.3) is 0 Å². The molecule has 0 unspecified atom stereocenters. The van der Waals surface area contributed by atoms with Crippen LogP contribution in [0.2, 0.25) is 0 Å². The van der Waals surface area contributed by atoms with Crippen LogP contribution in [0.15, 0.2) is 29.4 Å². The van der Waals surface area contributed by atoms with Gasteiger partial charge in [-0.3, -0.25) is 4.57 Å². The number of fused-ring (bicyclic) bond motifs is 1. The van der Waals surface area contributed by atoms with Gasteiger partial charge in [0, 0.05) is 11.6 Å². The van der Waals surface area contributed by atoms with Crippen LogP contribution in [-0.2, 0) is 4.79 Å². The molecule has 1 heterocycles. The maximum Gasteiger partial charge on any atom is 0.323 e. The summed E-state index contributed by atoms with van der Waals surface area (Å²) in [5, 5.41) is 0.702. The van der Waals surface area contributed by atoms with E-state index in [1.165, 1.54) is 16.8 Å². The third kappa shape index (κ3) is 1.49. The third-order valence-corrected chi connectivity index (χ3v) is 2.34. The van der Waals surface area contributed by atoms with Crippen LogP contribution in [0.25, 0.3) is 10.9 Å². The van der Waals surface area contributed by atoms with E-state index in [-0.39, 0.29) is 0 Å². The molecule has 5 heteroatoms. The fraction of sp³-hybridized carbons (Fsp3) is 0.0909. The molecule has 16 heavy (non-hydrogen) atoms. The van der Waals surface area contributed by atoms with Crippen LogP contribution >= 0.6 is 0 Å². The first-order chi connectivity index (χ1) is 7.63. The molecule has 0 spiro atoms. The zero-order chi connectivity index (χ0) is 11.7. The van der Waals surface area contributed by atoms with Crippen LogP contribution in [0.1, 0.15) is 5.56 Å². The minimum Gasteiger partial charge on any atom is -0.351 e. The fourth-order valence-corrected chi connectivity index (χ4v) is 1.64. The summed E-state index contributed by atoms with van der Waals surface area (Å²) in [6, 6.07) is 4.87. The Morgan fingerprint density at radius 1 is 1.50 bits per heavy atom. The van der Waals surface area contributed by atoms with Gasteiger partial charge in [-0.1, -0.05) is 12.1 Å². The molecule has 0 fully saturated rings. The van der Waals surface area contributed by atoms with Crippen molar-refractivity contribution in [3.63, 3.8) is 0 Å². The van der Waals surface area contributed by atoms with E-state index in [9.17, 15) is 9.59 Å². The number of aromatic nitrogens is 1. The van der Waals surface area contributed by atoms with Gasteiger partial charge in [-0.2, -0.15) is 4.99 Å². The van der Waals surface area contributed by atoms with Crippen molar-refractivity contribution >= 4 is 28.7 Å². The van der Waals surface area contributed by atoms with Crippen molar-refractivity contribution in [3.8, 4) is 0 Å². The van der Waals surface area contributed by atoms with E-state index < -0.39 is 6.03 Å². The van der Waals surface area contributed by atoms with Gasteiger partial charge in [0.2, 0.25) is 6.08 Å². The molecule has 0 radical (unpaired) electrons. The van der Waals surface area contributed by atoms with Crippen molar-refractivity contribution in [3.05, 3.63) is 30.0 Å². The molecule has 1 aromatic heterocycles. The number of aliphatic imine (C=N–C) groups is 1. The molecule has 2 N–H and O–H groups in total. The molecule has 1 aromatic carbocycles. The number of hydrogen-bond acceptors (Lipinski definition) is 3. The Balaban J connectivity index is 2.86. The van der Waals surface area contributed by atoms with E-state index in [0.29, 0.717) is 16.6 Å². The van der Waals surface area contributed by atoms with Gasteiger partial charge in [-0.15, -0.1) is 0 Å². The molecule has 0 aliphatic rings. The highest BCUT2D eigenvalue weighted by Crippen LogP contribution is 2.28. The minimum atomic E-state index is -0.608. The molecule has 0 saturated carbocycles. The first-order valence-corrected chi connectivity index (χ1v) is 4.63. The Labute approximate surface area is 91.2 Å². The zero-order valence-electron chi connectivity index (χ0n) is 8.60. The van der Waals surface area contributed by atoms with Crippen LogP contribution in [-0.4, -0.2) is 16.7 Å². The molecule has 2 rings (SSSR count). The molecule has 0 atom stereocenters. The largest absolute Gasteiger partial charge is 0.351 e. The second-order valence-corrected chi connectivity index (χ2v) is 3.45. The predicted molar refractivity (Wildman–Crippen MR) is 59.4 cm³/mol. The Bertz CT molecular complexity index is 621. The highest BCUT2D eigenvalue weighted by molar-refractivity contribution is 5.98. The van der Waals surface area contributed by atoms with Crippen LogP contribution in [0, 0.1) is 6.92 Å². The molecule has 80 valence electrons. The topological polar surface area (TPSA) is 77.4 Å². The quantitative estimate of drug-likeness (QED) is 0.582. The molecule has 0 saturated heterocycles. The normalized spacial score (nSPS) is 10.1. The maximum absolute atomic E-state index is 11.2. The van der Waals surface area contributed by atoms with Crippen molar-refractivity contribution in [2.24, 2.45) is 10.7 Å². The van der Waals surface area contributed by atoms with E-state index >= 15 is 0 Å². The Hall–Kier alpha value is -2.39. The van der Waals surface area contributed by atoms with E-state index in [2.05, 4.69) is 4.99 Å². The average Bonchev–Trinajstić information content (AvgIpc) is 2.57. The fourth-order valence-electron chi connectivity index (χ4n) is 1.64. The van der Waals surface area contributed by atoms with E-state index in [0.717, 1.165) is 5.56 Å². The molecule has 1 amide bonds. The van der Waals surface area contributed by atoms with Crippen molar-refractivity contribution in [1.29, 1.82) is 0 Å². The van der Waals surface area contributed by atoms with Crippen molar-refractivity contribution in [2.75, 3.05) is 0 Å². The zero-order valence-corrected chi connectivity index (χ0v) is 8.60. The first kappa shape index (κ1) is 10.1. The van der Waals surface area contributed by atoms with Gasteiger partial charge in [0.1, 0.15) is 5.69 Å². The standard InChI is InChI=1S/C11H9N3O2/c1-7-2-3-8-9(13-6-15)5-14(11(12)16)10(8)4-7/h2-5H,1H3,(H2,12,16). The Morgan fingerprint density at radius 2 is 2.25 bits per heavy atom. The van der Waals surface area contributed by atoms with Gasteiger partial charge >= 0.3 is 6.03 Å². The number of benzene rings is 1. The SMILES string of the molecule is Cc1ccc2c(N=C=O)cn(C(N)=O)c2c1. The molecular formula is C11H9N3O2. The highest BCUT2D eigenvalue weighted by Gasteiger charge is 2.10. The number of aryl methyl sites for hydroxylation is 1. The molecule has 0 bridgehead atoms. The number of amides is 1. The average molecular weight is 215 g/mol. The number of nitrogens with zero attached hydrogens (tertiary/aromatic N) is 2. The summed E-state index contributed by atoms with van der Waals surface area (Å²) in [6.45, 7) is 1.90. The molecule has 5 nitrogen and oxygen atoms in total. The summed E-state index contributed by atoms with van der Waals surface area (Å²) in [6.07, 6.45) is 2.88. The van der Waals surface area contributed by atoms with Gasteiger partial charge in [-0.25, -0.2) is 9.59 Å². The lowest BCUT2D eigenvalue weighted by Crippen LogP contribution is -2.18. The number of primary amides is 1. The Morgan fingerprint density at radius 3 is 2.88 bits per heavy atom. The summed E-state index contributed by atoms with van der Waals surface area (Å²) in [5.74, 6) is 0. The second-order valence-electron chi connectivity index (χ2n) is 3.45. The summed E-state index contributed by atoms with van der Waals surface area (Å²) >= 11 is 0. The summed E-state index contributed by atoms with van der Waals surface area (Å²) in [7, 11) is 0. The highest BCUT2D eigenvalue weighted by atomic mass is 16.2. The van der Waals surface area contributed by atoms with Gasteiger partial charge < -0.3 is 5.73 Å². The molecular weight excluding hydrogens is 206 g/mol. The van der Waals surface area contributed by atoms with E-state index in [4.69, 9.17) is 5.73 Å². The maximum atomic E-state index is 11.2. The van der Waals surface area contributed by atoms with E-state index in [1.807, 2.05) is 19.1 Å². The number of carbonyl (C=O) groups is 1. The van der Waals surface area contributed by atoms with Crippen LogP contribution in [0.4, 0.5) is 10.5 Å². The summed E-state index contributed by atoms with van der Waals surface area (Å²) in [5.41, 5.74) is 7.25. The number of carbonyl (C=O) groups excluding carboxylic acids is 2. The van der Waals surface area contributed by atoms with Gasteiger partial charge in [0.05, 0.1) is 5.52 Å². The summed E-state index contributed by atoms with van der Waals surface area (Å²) < 4.78 is 1.26. The number of hydrogen-bond donors (Lipinski definition) is 1. The van der Waals surface area contributed by atoms with Crippen LogP contribution in [0.3, 0.4) is 0 Å². The number of nitrogens with two attached hydrogens (primary N) is 1. The lowest BCUT2D eigenvalue weighted by molar-refractivity contribution is 0.251. The predicted octanol–water partition coefficient (Wildman–Crippen LogP) is 1.84. The minimum absolute atomic E-state index is 0.392.